The van der Waals surface area contributed by atoms with E-state index in [9.17, 15) is 4.79 Å². The molecule has 1 aromatic carbocycles. The first-order chi connectivity index (χ1) is 8.63. The summed E-state index contributed by atoms with van der Waals surface area (Å²) in [4.78, 5) is 15.0. The first kappa shape index (κ1) is 12.7. The highest BCUT2D eigenvalue weighted by molar-refractivity contribution is 5.84. The van der Waals surface area contributed by atoms with Gasteiger partial charge >= 0.3 is 5.97 Å². The zero-order valence-corrected chi connectivity index (χ0v) is 11.1. The second-order valence-corrected chi connectivity index (χ2v) is 4.94. The van der Waals surface area contributed by atoms with E-state index in [1.165, 1.54) is 18.1 Å². The SMILES string of the molecule is COC(=O)[C@@H](Cc1c[nH]c2ccccc12)C(C)C. The van der Waals surface area contributed by atoms with Gasteiger partial charge in [0.1, 0.15) is 0 Å². The van der Waals surface area contributed by atoms with Gasteiger partial charge in [-0.1, -0.05) is 32.0 Å². The summed E-state index contributed by atoms with van der Waals surface area (Å²) in [6.07, 6.45) is 2.71. The summed E-state index contributed by atoms with van der Waals surface area (Å²) in [6.45, 7) is 4.10. The molecule has 0 amide bonds. The first-order valence-corrected chi connectivity index (χ1v) is 6.26. The van der Waals surface area contributed by atoms with Crippen LogP contribution >= 0.6 is 0 Å². The van der Waals surface area contributed by atoms with Crippen molar-refractivity contribution in [2.24, 2.45) is 11.8 Å². The maximum atomic E-state index is 11.8. The van der Waals surface area contributed by atoms with Gasteiger partial charge in [0.2, 0.25) is 0 Å². The molecule has 0 saturated heterocycles. The summed E-state index contributed by atoms with van der Waals surface area (Å²) in [6, 6.07) is 8.14. The molecule has 2 aromatic rings. The summed E-state index contributed by atoms with van der Waals surface area (Å²) in [7, 11) is 1.45. The number of fused-ring (bicyclic) bond motifs is 1. The van der Waals surface area contributed by atoms with E-state index in [0.717, 1.165) is 5.52 Å². The van der Waals surface area contributed by atoms with Gasteiger partial charge in [0.05, 0.1) is 13.0 Å². The summed E-state index contributed by atoms with van der Waals surface area (Å²) < 4.78 is 4.89. The average molecular weight is 245 g/mol. The molecule has 0 saturated carbocycles. The van der Waals surface area contributed by atoms with Gasteiger partial charge in [-0.15, -0.1) is 0 Å². The number of ether oxygens (including phenoxy) is 1. The molecule has 0 unspecified atom stereocenters. The van der Waals surface area contributed by atoms with Gasteiger partial charge < -0.3 is 9.72 Å². The number of aromatic nitrogens is 1. The standard InChI is InChI=1S/C15H19NO2/c1-10(2)13(15(17)18-3)8-11-9-16-14-7-5-4-6-12(11)14/h4-7,9-10,13,16H,8H2,1-3H3/t13-/m0/s1. The van der Waals surface area contributed by atoms with Gasteiger partial charge in [-0.2, -0.15) is 0 Å². The summed E-state index contributed by atoms with van der Waals surface area (Å²) in [5.41, 5.74) is 2.29. The van der Waals surface area contributed by atoms with E-state index in [0.29, 0.717) is 6.42 Å². The lowest BCUT2D eigenvalue weighted by atomic mass is 9.89. The molecule has 0 fully saturated rings. The van der Waals surface area contributed by atoms with E-state index < -0.39 is 0 Å². The third kappa shape index (κ3) is 2.40. The van der Waals surface area contributed by atoms with E-state index in [2.05, 4.69) is 24.9 Å². The molecule has 0 bridgehead atoms. The second kappa shape index (κ2) is 5.25. The van der Waals surface area contributed by atoms with Gasteiger partial charge in [0.25, 0.3) is 0 Å². The fraction of sp³-hybridized carbons (Fsp3) is 0.400. The lowest BCUT2D eigenvalue weighted by molar-refractivity contribution is -0.146. The molecule has 3 heteroatoms. The van der Waals surface area contributed by atoms with E-state index in [1.54, 1.807) is 0 Å². The smallest absolute Gasteiger partial charge is 0.309 e. The van der Waals surface area contributed by atoms with Gasteiger partial charge in [0.15, 0.2) is 0 Å². The van der Waals surface area contributed by atoms with Crippen molar-refractivity contribution < 1.29 is 9.53 Å². The minimum absolute atomic E-state index is 0.0887. The number of carbonyl (C=O) groups excluding carboxylic acids is 1. The number of H-pyrrole nitrogens is 1. The van der Waals surface area contributed by atoms with Gasteiger partial charge in [-0.25, -0.2) is 0 Å². The van der Waals surface area contributed by atoms with Crippen LogP contribution in [0.15, 0.2) is 30.5 Å². The molecule has 2 rings (SSSR count). The fourth-order valence-corrected chi connectivity index (χ4v) is 2.28. The van der Waals surface area contributed by atoms with Crippen LogP contribution in [0, 0.1) is 11.8 Å². The Morgan fingerprint density at radius 1 is 1.33 bits per heavy atom. The molecule has 0 aliphatic heterocycles. The van der Waals surface area contributed by atoms with Crippen LogP contribution in [0.5, 0.6) is 0 Å². The molecule has 0 spiro atoms. The molecule has 1 heterocycles. The lowest BCUT2D eigenvalue weighted by Crippen LogP contribution is -2.23. The van der Waals surface area contributed by atoms with E-state index in [1.807, 2.05) is 24.4 Å². The van der Waals surface area contributed by atoms with Crippen LogP contribution < -0.4 is 0 Å². The maximum Gasteiger partial charge on any atom is 0.309 e. The molecule has 1 aromatic heterocycles. The number of benzene rings is 1. The molecule has 96 valence electrons. The molecule has 3 nitrogen and oxygen atoms in total. The highest BCUT2D eigenvalue weighted by Gasteiger charge is 2.24. The lowest BCUT2D eigenvalue weighted by Gasteiger charge is -2.17. The summed E-state index contributed by atoms with van der Waals surface area (Å²) in [5, 5.41) is 1.19. The maximum absolute atomic E-state index is 11.8. The second-order valence-electron chi connectivity index (χ2n) is 4.94. The van der Waals surface area contributed by atoms with E-state index >= 15 is 0 Å². The van der Waals surface area contributed by atoms with Crippen molar-refractivity contribution in [3.05, 3.63) is 36.0 Å². The van der Waals surface area contributed by atoms with Crippen molar-refractivity contribution >= 4 is 16.9 Å². The average Bonchev–Trinajstić information content (AvgIpc) is 2.78. The van der Waals surface area contributed by atoms with Crippen molar-refractivity contribution in [1.82, 2.24) is 4.98 Å². The molecular weight excluding hydrogens is 226 g/mol. The zero-order chi connectivity index (χ0) is 13.1. The Morgan fingerprint density at radius 3 is 2.72 bits per heavy atom. The third-order valence-corrected chi connectivity index (χ3v) is 3.42. The van der Waals surface area contributed by atoms with Crippen LogP contribution in [0.25, 0.3) is 10.9 Å². The Morgan fingerprint density at radius 2 is 2.06 bits per heavy atom. The molecule has 18 heavy (non-hydrogen) atoms. The van der Waals surface area contributed by atoms with Crippen LogP contribution in [0.2, 0.25) is 0 Å². The number of carbonyl (C=O) groups is 1. The van der Waals surface area contributed by atoms with Crippen LogP contribution in [-0.2, 0) is 16.0 Å². The summed E-state index contributed by atoms with van der Waals surface area (Å²) in [5.74, 6) is 0.0515. The number of hydrogen-bond donors (Lipinski definition) is 1. The quantitative estimate of drug-likeness (QED) is 0.841. The Kier molecular flexibility index (Phi) is 3.70. The highest BCUT2D eigenvalue weighted by atomic mass is 16.5. The van der Waals surface area contributed by atoms with Crippen molar-refractivity contribution in [3.63, 3.8) is 0 Å². The topological polar surface area (TPSA) is 42.1 Å². The van der Waals surface area contributed by atoms with Crippen LogP contribution in [0.4, 0.5) is 0 Å². The third-order valence-electron chi connectivity index (χ3n) is 3.42. The predicted octanol–water partition coefficient (Wildman–Crippen LogP) is 3.16. The van der Waals surface area contributed by atoms with E-state index in [-0.39, 0.29) is 17.8 Å². The molecule has 0 aliphatic rings. The minimum atomic E-state index is -0.129. The Labute approximate surface area is 107 Å². The molecule has 1 N–H and O–H groups in total. The Balaban J connectivity index is 2.29. The number of aromatic amines is 1. The monoisotopic (exact) mass is 245 g/mol. The van der Waals surface area contributed by atoms with Gasteiger partial charge in [-0.05, 0) is 24.0 Å². The number of para-hydroxylation sites is 1. The van der Waals surface area contributed by atoms with E-state index in [4.69, 9.17) is 4.74 Å². The molecular formula is C15H19NO2. The number of hydrogen-bond acceptors (Lipinski definition) is 2. The van der Waals surface area contributed by atoms with Gasteiger partial charge in [0, 0.05) is 17.1 Å². The number of esters is 1. The van der Waals surface area contributed by atoms with Crippen LogP contribution in [0.3, 0.4) is 0 Å². The molecule has 1 atom stereocenters. The largest absolute Gasteiger partial charge is 0.469 e. The van der Waals surface area contributed by atoms with Crippen LogP contribution in [0.1, 0.15) is 19.4 Å². The fourth-order valence-electron chi connectivity index (χ4n) is 2.28. The summed E-state index contributed by atoms with van der Waals surface area (Å²) >= 11 is 0. The Hall–Kier alpha value is -1.77. The Bertz CT molecular complexity index is 542. The minimum Gasteiger partial charge on any atom is -0.469 e. The van der Waals surface area contributed by atoms with Crippen LogP contribution in [-0.4, -0.2) is 18.1 Å². The van der Waals surface area contributed by atoms with Crippen molar-refractivity contribution in [2.75, 3.05) is 7.11 Å². The number of methoxy groups -OCH3 is 1. The van der Waals surface area contributed by atoms with Crippen molar-refractivity contribution in [2.45, 2.75) is 20.3 Å². The number of nitrogens with one attached hydrogen (secondary N) is 1. The first-order valence-electron chi connectivity index (χ1n) is 6.26. The van der Waals surface area contributed by atoms with Crippen molar-refractivity contribution in [3.8, 4) is 0 Å². The normalized spacial score (nSPS) is 12.9. The molecule has 0 radical (unpaired) electrons. The zero-order valence-electron chi connectivity index (χ0n) is 11.1. The van der Waals surface area contributed by atoms with Crippen molar-refractivity contribution in [1.29, 1.82) is 0 Å². The highest BCUT2D eigenvalue weighted by Crippen LogP contribution is 2.24. The van der Waals surface area contributed by atoms with Gasteiger partial charge in [-0.3, -0.25) is 4.79 Å². The number of rotatable bonds is 4. The predicted molar refractivity (Wildman–Crippen MR) is 72.3 cm³/mol. The molecule has 0 aliphatic carbocycles.